The van der Waals surface area contributed by atoms with Crippen LogP contribution in [0.2, 0.25) is 0 Å². The third-order valence-electron chi connectivity index (χ3n) is 5.84. The topological polar surface area (TPSA) is 69.2 Å². The molecule has 30 heavy (non-hydrogen) atoms. The van der Waals surface area contributed by atoms with Gasteiger partial charge in [-0.2, -0.15) is 0 Å². The molecule has 0 spiro atoms. The number of nitrogens with zero attached hydrogens (tertiary/aromatic N) is 3. The summed E-state index contributed by atoms with van der Waals surface area (Å²) in [5.74, 6) is 0.632. The number of likely N-dealkylation sites (N-methyl/N-ethyl adjacent to an activating group) is 1. The summed E-state index contributed by atoms with van der Waals surface area (Å²) in [5.41, 5.74) is 2.49. The number of ether oxygens (including phenoxy) is 1. The van der Waals surface area contributed by atoms with Gasteiger partial charge in [0.15, 0.2) is 5.96 Å². The molecule has 2 saturated heterocycles. The highest BCUT2D eigenvalue weighted by molar-refractivity contribution is 5.85. The second kappa shape index (κ2) is 11.2. The highest BCUT2D eigenvalue weighted by atomic mass is 16.5. The van der Waals surface area contributed by atoms with Crippen LogP contribution in [0.4, 0.5) is 5.69 Å². The SMILES string of the molecule is CC(NC(=NCC(=O)N(C)C)NCC1CCCCO1)c1cccc(N2CCCC2)c1. The standard InChI is InChI=1S/C23H37N5O2/c1-18(19-9-8-10-20(15-19)28-12-5-6-13-28)26-23(25-17-22(29)27(2)3)24-16-21-11-4-7-14-30-21/h8-10,15,18,21H,4-7,11-14,16-17H2,1-3H3,(H2,24,25,26). The van der Waals surface area contributed by atoms with E-state index >= 15 is 0 Å². The van der Waals surface area contributed by atoms with Crippen molar-refractivity contribution in [2.75, 3.05) is 51.8 Å². The van der Waals surface area contributed by atoms with Crippen LogP contribution < -0.4 is 15.5 Å². The Bertz CT molecular complexity index is 709. The zero-order chi connectivity index (χ0) is 21.3. The number of hydrogen-bond donors (Lipinski definition) is 2. The highest BCUT2D eigenvalue weighted by Crippen LogP contribution is 2.24. The highest BCUT2D eigenvalue weighted by Gasteiger charge is 2.17. The van der Waals surface area contributed by atoms with Crippen molar-refractivity contribution in [3.05, 3.63) is 29.8 Å². The van der Waals surface area contributed by atoms with Crippen molar-refractivity contribution in [2.24, 2.45) is 4.99 Å². The lowest BCUT2D eigenvalue weighted by Crippen LogP contribution is -2.44. The van der Waals surface area contributed by atoms with Crippen molar-refractivity contribution in [3.63, 3.8) is 0 Å². The molecule has 0 radical (unpaired) electrons. The van der Waals surface area contributed by atoms with Crippen molar-refractivity contribution in [1.29, 1.82) is 0 Å². The molecule has 2 aliphatic rings. The Morgan fingerprint density at radius 3 is 2.77 bits per heavy atom. The minimum Gasteiger partial charge on any atom is -0.376 e. The maximum Gasteiger partial charge on any atom is 0.243 e. The monoisotopic (exact) mass is 415 g/mol. The van der Waals surface area contributed by atoms with Crippen molar-refractivity contribution < 1.29 is 9.53 Å². The summed E-state index contributed by atoms with van der Waals surface area (Å²) in [6.07, 6.45) is 6.13. The van der Waals surface area contributed by atoms with Gasteiger partial charge in [0.1, 0.15) is 6.54 Å². The van der Waals surface area contributed by atoms with Crippen LogP contribution in [0.15, 0.2) is 29.3 Å². The van der Waals surface area contributed by atoms with Crippen LogP contribution in [-0.2, 0) is 9.53 Å². The van der Waals surface area contributed by atoms with E-state index in [-0.39, 0.29) is 24.6 Å². The van der Waals surface area contributed by atoms with Gasteiger partial charge in [0, 0.05) is 46.0 Å². The van der Waals surface area contributed by atoms with E-state index in [9.17, 15) is 4.79 Å². The van der Waals surface area contributed by atoms with Gasteiger partial charge in [0.2, 0.25) is 5.91 Å². The Balaban J connectivity index is 1.65. The van der Waals surface area contributed by atoms with Crippen LogP contribution >= 0.6 is 0 Å². The maximum absolute atomic E-state index is 12.0. The molecule has 0 saturated carbocycles. The summed E-state index contributed by atoms with van der Waals surface area (Å²) in [4.78, 5) is 20.6. The molecule has 7 nitrogen and oxygen atoms in total. The van der Waals surface area contributed by atoms with Crippen LogP contribution in [0.3, 0.4) is 0 Å². The number of aliphatic imine (C=N–C) groups is 1. The van der Waals surface area contributed by atoms with Gasteiger partial charge in [0.25, 0.3) is 0 Å². The van der Waals surface area contributed by atoms with E-state index in [1.165, 1.54) is 30.5 Å². The van der Waals surface area contributed by atoms with Crippen LogP contribution in [-0.4, -0.2) is 69.8 Å². The van der Waals surface area contributed by atoms with Gasteiger partial charge >= 0.3 is 0 Å². The second-order valence-electron chi connectivity index (χ2n) is 8.48. The predicted molar refractivity (Wildman–Crippen MR) is 122 cm³/mol. The molecule has 1 amide bonds. The number of anilines is 1. The van der Waals surface area contributed by atoms with Gasteiger partial charge in [-0.1, -0.05) is 12.1 Å². The third kappa shape index (κ3) is 6.62. The van der Waals surface area contributed by atoms with E-state index in [0.29, 0.717) is 12.5 Å². The van der Waals surface area contributed by atoms with Crippen LogP contribution in [0.5, 0.6) is 0 Å². The van der Waals surface area contributed by atoms with Gasteiger partial charge in [-0.25, -0.2) is 4.99 Å². The third-order valence-corrected chi connectivity index (χ3v) is 5.84. The van der Waals surface area contributed by atoms with E-state index in [2.05, 4.69) is 51.7 Å². The van der Waals surface area contributed by atoms with E-state index in [1.54, 1.807) is 19.0 Å². The number of amides is 1. The van der Waals surface area contributed by atoms with Gasteiger partial charge in [-0.3, -0.25) is 4.79 Å². The van der Waals surface area contributed by atoms with Gasteiger partial charge in [0.05, 0.1) is 12.1 Å². The van der Waals surface area contributed by atoms with Crippen LogP contribution in [0, 0.1) is 0 Å². The molecule has 166 valence electrons. The smallest absolute Gasteiger partial charge is 0.243 e. The molecule has 2 fully saturated rings. The molecule has 2 aliphatic heterocycles. The summed E-state index contributed by atoms with van der Waals surface area (Å²) in [6.45, 7) is 6.04. The lowest BCUT2D eigenvalue weighted by Gasteiger charge is -2.25. The van der Waals surface area contributed by atoms with Crippen molar-refractivity contribution in [2.45, 2.75) is 51.2 Å². The summed E-state index contributed by atoms with van der Waals surface area (Å²) in [6, 6.07) is 8.78. The lowest BCUT2D eigenvalue weighted by molar-refractivity contribution is -0.127. The zero-order valence-electron chi connectivity index (χ0n) is 18.7. The summed E-state index contributed by atoms with van der Waals surface area (Å²) < 4.78 is 5.83. The Morgan fingerprint density at radius 2 is 2.07 bits per heavy atom. The van der Waals surface area contributed by atoms with Gasteiger partial charge in [-0.15, -0.1) is 0 Å². The Labute approximate surface area is 180 Å². The maximum atomic E-state index is 12.0. The van der Waals surface area contributed by atoms with Gasteiger partial charge in [-0.05, 0) is 56.7 Å². The second-order valence-corrected chi connectivity index (χ2v) is 8.48. The number of rotatable bonds is 7. The number of guanidine groups is 1. The minimum absolute atomic E-state index is 0.0197. The molecule has 7 heteroatoms. The molecular weight excluding hydrogens is 378 g/mol. The first-order valence-electron chi connectivity index (χ1n) is 11.2. The molecule has 0 aromatic heterocycles. The Kier molecular flexibility index (Phi) is 8.37. The predicted octanol–water partition coefficient (Wildman–Crippen LogP) is 2.54. The number of hydrogen-bond acceptors (Lipinski definition) is 4. The minimum atomic E-state index is -0.0197. The first kappa shape index (κ1) is 22.4. The zero-order valence-corrected chi connectivity index (χ0v) is 18.7. The molecule has 2 heterocycles. The lowest BCUT2D eigenvalue weighted by atomic mass is 10.1. The molecule has 1 aromatic carbocycles. The number of carbonyl (C=O) groups excluding carboxylic acids is 1. The summed E-state index contributed by atoms with van der Waals surface area (Å²) >= 11 is 0. The van der Waals surface area contributed by atoms with E-state index in [4.69, 9.17) is 4.74 Å². The fourth-order valence-corrected chi connectivity index (χ4v) is 3.87. The van der Waals surface area contributed by atoms with Crippen LogP contribution in [0.25, 0.3) is 0 Å². The fourth-order valence-electron chi connectivity index (χ4n) is 3.87. The molecular formula is C23H37N5O2. The number of benzene rings is 1. The quantitative estimate of drug-likeness (QED) is 0.529. The normalized spacial score (nSPS) is 20.7. The van der Waals surface area contributed by atoms with E-state index in [0.717, 1.165) is 32.5 Å². The molecule has 2 N–H and O–H groups in total. The van der Waals surface area contributed by atoms with Crippen LogP contribution in [0.1, 0.15) is 50.6 Å². The Morgan fingerprint density at radius 1 is 1.27 bits per heavy atom. The van der Waals surface area contributed by atoms with Crippen molar-refractivity contribution >= 4 is 17.6 Å². The summed E-state index contributed by atoms with van der Waals surface area (Å²) in [5, 5.41) is 6.87. The van der Waals surface area contributed by atoms with Crippen molar-refractivity contribution in [1.82, 2.24) is 15.5 Å². The van der Waals surface area contributed by atoms with E-state index < -0.39 is 0 Å². The van der Waals surface area contributed by atoms with Gasteiger partial charge < -0.3 is 25.2 Å². The fraction of sp³-hybridized carbons (Fsp3) is 0.652. The molecule has 3 rings (SSSR count). The molecule has 2 unspecified atom stereocenters. The molecule has 0 bridgehead atoms. The Hall–Kier alpha value is -2.28. The number of nitrogens with one attached hydrogen (secondary N) is 2. The molecule has 2 atom stereocenters. The first-order chi connectivity index (χ1) is 14.5. The molecule has 1 aromatic rings. The average Bonchev–Trinajstić information content (AvgIpc) is 3.31. The number of carbonyl (C=O) groups is 1. The summed E-state index contributed by atoms with van der Waals surface area (Å²) in [7, 11) is 3.50. The van der Waals surface area contributed by atoms with Crippen molar-refractivity contribution in [3.8, 4) is 0 Å². The largest absolute Gasteiger partial charge is 0.376 e. The van der Waals surface area contributed by atoms with E-state index in [1.807, 2.05) is 0 Å². The first-order valence-corrected chi connectivity index (χ1v) is 11.2. The molecule has 0 aliphatic carbocycles. The average molecular weight is 416 g/mol.